The molecule has 1 aliphatic rings. The fourth-order valence-electron chi connectivity index (χ4n) is 2.52. The van der Waals surface area contributed by atoms with Gasteiger partial charge in [0.05, 0.1) is 6.61 Å². The zero-order valence-corrected chi connectivity index (χ0v) is 11.3. The van der Waals surface area contributed by atoms with E-state index in [-0.39, 0.29) is 11.7 Å². The molecule has 0 aromatic heterocycles. The number of hydrogen-bond acceptors (Lipinski definition) is 2. The second-order valence-corrected chi connectivity index (χ2v) is 5.10. The number of nitrogens with one attached hydrogen (secondary N) is 1. The minimum absolute atomic E-state index is 0.219. The zero-order valence-electron chi connectivity index (χ0n) is 10.6. The van der Waals surface area contributed by atoms with Crippen molar-refractivity contribution in [2.45, 2.75) is 25.8 Å². The van der Waals surface area contributed by atoms with E-state index in [4.69, 9.17) is 16.3 Å². The van der Waals surface area contributed by atoms with Gasteiger partial charge in [-0.05, 0) is 31.5 Å². The van der Waals surface area contributed by atoms with Crippen molar-refractivity contribution in [1.82, 2.24) is 5.32 Å². The zero-order chi connectivity index (χ0) is 13.0. The predicted octanol–water partition coefficient (Wildman–Crippen LogP) is 3.04. The standard InChI is InChI=1S/C14H19ClFNO/c1-2-17-14-6-7-18-9-10(14)8-11-12(15)4-3-5-13(11)16/h3-5,10,14,17H,2,6-9H2,1H3/t10-,14+/m0/s1. The summed E-state index contributed by atoms with van der Waals surface area (Å²) in [7, 11) is 0. The fourth-order valence-corrected chi connectivity index (χ4v) is 2.76. The molecule has 1 fully saturated rings. The van der Waals surface area contributed by atoms with Gasteiger partial charge in [-0.25, -0.2) is 4.39 Å². The molecule has 1 aliphatic heterocycles. The normalized spacial score (nSPS) is 24.2. The molecule has 1 aromatic rings. The Hall–Kier alpha value is -0.640. The lowest BCUT2D eigenvalue weighted by molar-refractivity contribution is 0.0324. The minimum Gasteiger partial charge on any atom is -0.381 e. The number of halogens is 2. The highest BCUT2D eigenvalue weighted by Crippen LogP contribution is 2.26. The van der Waals surface area contributed by atoms with Crippen molar-refractivity contribution in [3.63, 3.8) is 0 Å². The summed E-state index contributed by atoms with van der Waals surface area (Å²) in [6.07, 6.45) is 1.60. The molecule has 4 heteroatoms. The molecule has 2 rings (SSSR count). The van der Waals surface area contributed by atoms with Crippen LogP contribution in [0.4, 0.5) is 4.39 Å². The van der Waals surface area contributed by atoms with Crippen LogP contribution in [0.1, 0.15) is 18.9 Å². The number of rotatable bonds is 4. The predicted molar refractivity (Wildman–Crippen MR) is 71.5 cm³/mol. The smallest absolute Gasteiger partial charge is 0.127 e. The van der Waals surface area contributed by atoms with Crippen LogP contribution in [0.25, 0.3) is 0 Å². The highest BCUT2D eigenvalue weighted by Gasteiger charge is 2.26. The van der Waals surface area contributed by atoms with Gasteiger partial charge in [0.15, 0.2) is 0 Å². The summed E-state index contributed by atoms with van der Waals surface area (Å²) >= 11 is 6.07. The summed E-state index contributed by atoms with van der Waals surface area (Å²) in [5, 5.41) is 3.96. The summed E-state index contributed by atoms with van der Waals surface area (Å²) < 4.78 is 19.3. The summed E-state index contributed by atoms with van der Waals surface area (Å²) in [4.78, 5) is 0. The molecule has 1 N–H and O–H groups in total. The Morgan fingerprint density at radius 1 is 1.50 bits per heavy atom. The van der Waals surface area contributed by atoms with E-state index in [1.54, 1.807) is 12.1 Å². The van der Waals surface area contributed by atoms with Crippen LogP contribution in [0.2, 0.25) is 5.02 Å². The highest BCUT2D eigenvalue weighted by atomic mass is 35.5. The maximum Gasteiger partial charge on any atom is 0.127 e. The van der Waals surface area contributed by atoms with Crippen molar-refractivity contribution >= 4 is 11.6 Å². The van der Waals surface area contributed by atoms with Crippen molar-refractivity contribution in [3.05, 3.63) is 34.6 Å². The van der Waals surface area contributed by atoms with Gasteiger partial charge in [0.25, 0.3) is 0 Å². The van der Waals surface area contributed by atoms with E-state index in [2.05, 4.69) is 12.2 Å². The van der Waals surface area contributed by atoms with Gasteiger partial charge in [-0.1, -0.05) is 24.6 Å². The van der Waals surface area contributed by atoms with Gasteiger partial charge in [0.2, 0.25) is 0 Å². The molecule has 0 bridgehead atoms. The monoisotopic (exact) mass is 271 g/mol. The van der Waals surface area contributed by atoms with E-state index in [1.165, 1.54) is 6.07 Å². The molecular formula is C14H19ClFNO. The first-order valence-electron chi connectivity index (χ1n) is 6.46. The van der Waals surface area contributed by atoms with Gasteiger partial charge >= 0.3 is 0 Å². The Balaban J connectivity index is 2.11. The first-order chi connectivity index (χ1) is 8.72. The third-order valence-electron chi connectivity index (χ3n) is 3.47. The van der Waals surface area contributed by atoms with Crippen molar-refractivity contribution in [2.24, 2.45) is 5.92 Å². The minimum atomic E-state index is -0.219. The molecule has 0 aliphatic carbocycles. The second-order valence-electron chi connectivity index (χ2n) is 4.69. The Labute approximate surface area is 112 Å². The molecule has 1 saturated heterocycles. The van der Waals surface area contributed by atoms with E-state index in [0.29, 0.717) is 29.7 Å². The third kappa shape index (κ3) is 3.22. The largest absolute Gasteiger partial charge is 0.381 e. The average Bonchev–Trinajstić information content (AvgIpc) is 2.36. The Bertz CT molecular complexity index is 377. The van der Waals surface area contributed by atoms with Crippen molar-refractivity contribution in [2.75, 3.05) is 19.8 Å². The lowest BCUT2D eigenvalue weighted by Crippen LogP contribution is -2.43. The molecule has 18 heavy (non-hydrogen) atoms. The summed E-state index contributed by atoms with van der Waals surface area (Å²) in [6, 6.07) is 5.23. The molecule has 2 atom stereocenters. The van der Waals surface area contributed by atoms with Gasteiger partial charge in [0, 0.05) is 29.2 Å². The molecule has 0 spiro atoms. The molecular weight excluding hydrogens is 253 g/mol. The lowest BCUT2D eigenvalue weighted by Gasteiger charge is -2.32. The van der Waals surface area contributed by atoms with Crippen LogP contribution in [0.3, 0.4) is 0 Å². The lowest BCUT2D eigenvalue weighted by atomic mass is 9.89. The van der Waals surface area contributed by atoms with E-state index in [0.717, 1.165) is 19.6 Å². The van der Waals surface area contributed by atoms with Gasteiger partial charge in [-0.2, -0.15) is 0 Å². The van der Waals surface area contributed by atoms with Crippen LogP contribution in [-0.4, -0.2) is 25.8 Å². The van der Waals surface area contributed by atoms with Gasteiger partial charge in [-0.15, -0.1) is 0 Å². The number of benzene rings is 1. The van der Waals surface area contributed by atoms with Crippen molar-refractivity contribution < 1.29 is 9.13 Å². The number of ether oxygens (including phenoxy) is 1. The van der Waals surface area contributed by atoms with Crippen LogP contribution in [0.15, 0.2) is 18.2 Å². The topological polar surface area (TPSA) is 21.3 Å². The highest BCUT2D eigenvalue weighted by molar-refractivity contribution is 6.31. The Kier molecular flexibility index (Phi) is 4.98. The summed E-state index contributed by atoms with van der Waals surface area (Å²) in [5.74, 6) is 0.0661. The van der Waals surface area contributed by atoms with Gasteiger partial charge in [-0.3, -0.25) is 0 Å². The maximum absolute atomic E-state index is 13.8. The molecule has 100 valence electrons. The van der Waals surface area contributed by atoms with Crippen molar-refractivity contribution in [1.29, 1.82) is 0 Å². The second kappa shape index (κ2) is 6.50. The van der Waals surface area contributed by atoms with Crippen LogP contribution in [-0.2, 0) is 11.2 Å². The molecule has 0 saturated carbocycles. The Morgan fingerprint density at radius 2 is 2.33 bits per heavy atom. The molecule has 0 amide bonds. The summed E-state index contributed by atoms with van der Waals surface area (Å²) in [6.45, 7) is 4.45. The maximum atomic E-state index is 13.8. The third-order valence-corrected chi connectivity index (χ3v) is 3.82. The van der Waals surface area contributed by atoms with Crippen LogP contribution in [0.5, 0.6) is 0 Å². The first kappa shape index (κ1) is 13.8. The van der Waals surface area contributed by atoms with Crippen LogP contribution in [0, 0.1) is 11.7 Å². The van der Waals surface area contributed by atoms with E-state index >= 15 is 0 Å². The molecule has 0 radical (unpaired) electrons. The number of hydrogen-bond donors (Lipinski definition) is 1. The molecule has 2 nitrogen and oxygen atoms in total. The van der Waals surface area contributed by atoms with E-state index < -0.39 is 0 Å². The van der Waals surface area contributed by atoms with Crippen LogP contribution < -0.4 is 5.32 Å². The van der Waals surface area contributed by atoms with E-state index in [9.17, 15) is 4.39 Å². The average molecular weight is 272 g/mol. The van der Waals surface area contributed by atoms with Crippen LogP contribution >= 0.6 is 11.6 Å². The molecule has 1 heterocycles. The molecule has 1 aromatic carbocycles. The van der Waals surface area contributed by atoms with Crippen molar-refractivity contribution in [3.8, 4) is 0 Å². The molecule has 0 unspecified atom stereocenters. The Morgan fingerprint density at radius 3 is 3.06 bits per heavy atom. The van der Waals surface area contributed by atoms with Gasteiger partial charge < -0.3 is 10.1 Å². The van der Waals surface area contributed by atoms with Gasteiger partial charge in [0.1, 0.15) is 5.82 Å². The quantitative estimate of drug-likeness (QED) is 0.909. The fraction of sp³-hybridized carbons (Fsp3) is 0.571. The van der Waals surface area contributed by atoms with E-state index in [1.807, 2.05) is 0 Å². The summed E-state index contributed by atoms with van der Waals surface area (Å²) in [5.41, 5.74) is 0.609. The SMILES string of the molecule is CCN[C@@H]1CCOC[C@@H]1Cc1c(F)cccc1Cl. The first-order valence-corrected chi connectivity index (χ1v) is 6.84.